The summed E-state index contributed by atoms with van der Waals surface area (Å²) in [5, 5.41) is 9.58. The molecule has 1 aromatic carbocycles. The van der Waals surface area contributed by atoms with Crippen molar-refractivity contribution in [2.75, 3.05) is 19.5 Å². The van der Waals surface area contributed by atoms with E-state index in [0.717, 1.165) is 65.2 Å². The Labute approximate surface area is 199 Å². The number of carbonyl (C=O) groups excluding carboxylic acids is 1. The normalized spacial score (nSPS) is 16.0. The van der Waals surface area contributed by atoms with Crippen LogP contribution in [-0.2, 0) is 11.3 Å². The first-order valence-electron chi connectivity index (χ1n) is 11.4. The molecule has 3 aromatic rings. The van der Waals surface area contributed by atoms with Crippen LogP contribution in [0.4, 0.5) is 0 Å². The fourth-order valence-corrected chi connectivity index (χ4v) is 5.29. The number of ketones is 1. The van der Waals surface area contributed by atoms with Crippen molar-refractivity contribution in [3.8, 4) is 17.1 Å². The number of hydrogen-bond donors (Lipinski definition) is 0. The number of aromatic nitrogens is 4. The lowest BCUT2D eigenvalue weighted by Crippen LogP contribution is -2.17. The monoisotopic (exact) mass is 468 g/mol. The van der Waals surface area contributed by atoms with Crippen molar-refractivity contribution in [3.63, 3.8) is 0 Å². The maximum absolute atomic E-state index is 13.1. The molecule has 4 rings (SSSR count). The van der Waals surface area contributed by atoms with Gasteiger partial charge in [-0.25, -0.2) is 0 Å². The maximum Gasteiger partial charge on any atom is 0.192 e. The Hall–Kier alpha value is -2.58. The van der Waals surface area contributed by atoms with Crippen LogP contribution in [0.5, 0.6) is 5.75 Å². The molecule has 0 bridgehead atoms. The molecule has 3 heterocycles. The van der Waals surface area contributed by atoms with Gasteiger partial charge < -0.3 is 14.0 Å². The second kappa shape index (κ2) is 10.1. The molecule has 1 atom stereocenters. The quantitative estimate of drug-likeness (QED) is 0.321. The van der Waals surface area contributed by atoms with E-state index in [9.17, 15) is 4.79 Å². The lowest BCUT2D eigenvalue weighted by molar-refractivity contribution is 0.0957. The number of carbonyl (C=O) groups is 1. The van der Waals surface area contributed by atoms with Gasteiger partial charge in [0.2, 0.25) is 0 Å². The number of hydrogen-bond acceptors (Lipinski definition) is 6. The van der Waals surface area contributed by atoms with Crippen molar-refractivity contribution in [3.05, 3.63) is 47.3 Å². The number of thioether (sulfide) groups is 1. The van der Waals surface area contributed by atoms with E-state index in [0.29, 0.717) is 5.75 Å². The predicted molar refractivity (Wildman–Crippen MR) is 130 cm³/mol. The standard InChI is InChI=1S/C25H32N4O3S/c1-16(2)29-24(19-8-10-20(31-5)11-9-19)26-27-25(29)33-15-23(30)22-13-17(3)28(18(22)4)14-21-7-6-12-32-21/h8-11,13,16,21H,6-7,12,14-15H2,1-5H3. The van der Waals surface area contributed by atoms with Crippen LogP contribution in [-0.4, -0.2) is 50.7 Å². The minimum absolute atomic E-state index is 0.107. The Kier molecular flexibility index (Phi) is 7.24. The molecule has 1 unspecified atom stereocenters. The maximum atomic E-state index is 13.1. The van der Waals surface area contributed by atoms with Crippen LogP contribution < -0.4 is 4.74 Å². The molecule has 0 aliphatic carbocycles. The molecular weight excluding hydrogens is 436 g/mol. The SMILES string of the molecule is COc1ccc(-c2nnc(SCC(=O)c3cc(C)n(CC4CCCO4)c3C)n2C(C)C)cc1. The minimum atomic E-state index is 0.107. The highest BCUT2D eigenvalue weighted by molar-refractivity contribution is 7.99. The topological polar surface area (TPSA) is 71.2 Å². The number of methoxy groups -OCH3 is 1. The van der Waals surface area contributed by atoms with Gasteiger partial charge >= 0.3 is 0 Å². The minimum Gasteiger partial charge on any atom is -0.497 e. The van der Waals surface area contributed by atoms with Gasteiger partial charge in [-0.15, -0.1) is 10.2 Å². The Bertz CT molecular complexity index is 1110. The molecule has 0 saturated carbocycles. The highest BCUT2D eigenvalue weighted by atomic mass is 32.2. The van der Waals surface area contributed by atoms with Crippen LogP contribution >= 0.6 is 11.8 Å². The van der Waals surface area contributed by atoms with E-state index >= 15 is 0 Å². The number of benzene rings is 1. The van der Waals surface area contributed by atoms with Crippen LogP contribution in [0.3, 0.4) is 0 Å². The van der Waals surface area contributed by atoms with Crippen LogP contribution in [0.2, 0.25) is 0 Å². The lowest BCUT2D eigenvalue weighted by Gasteiger charge is -2.15. The van der Waals surface area contributed by atoms with Gasteiger partial charge in [-0.2, -0.15) is 0 Å². The third-order valence-corrected chi connectivity index (χ3v) is 7.09. The van der Waals surface area contributed by atoms with E-state index in [1.54, 1.807) is 7.11 Å². The number of rotatable bonds is 9. The molecule has 1 aliphatic rings. The van der Waals surface area contributed by atoms with Crippen molar-refractivity contribution in [2.45, 2.75) is 64.4 Å². The Balaban J connectivity index is 1.50. The molecular formula is C25H32N4O3S. The van der Waals surface area contributed by atoms with Crippen molar-refractivity contribution in [1.29, 1.82) is 0 Å². The molecule has 1 saturated heterocycles. The highest BCUT2D eigenvalue weighted by Gasteiger charge is 2.23. The first kappa shape index (κ1) is 23.6. The molecule has 2 aromatic heterocycles. The number of Topliss-reactive ketones (excluding diaryl/α,β-unsaturated/α-hetero) is 1. The molecule has 1 fully saturated rings. The summed E-state index contributed by atoms with van der Waals surface area (Å²) in [6.07, 6.45) is 2.44. The van der Waals surface area contributed by atoms with Crippen LogP contribution in [0, 0.1) is 13.8 Å². The summed E-state index contributed by atoms with van der Waals surface area (Å²) >= 11 is 1.44. The van der Waals surface area contributed by atoms with Gasteiger partial charge in [-0.1, -0.05) is 11.8 Å². The lowest BCUT2D eigenvalue weighted by atomic mass is 10.2. The summed E-state index contributed by atoms with van der Waals surface area (Å²) in [4.78, 5) is 13.1. The van der Waals surface area contributed by atoms with Crippen LogP contribution in [0.15, 0.2) is 35.5 Å². The molecule has 176 valence electrons. The van der Waals surface area contributed by atoms with Crippen LogP contribution in [0.25, 0.3) is 11.4 Å². The molecule has 7 nitrogen and oxygen atoms in total. The molecule has 1 aliphatic heterocycles. The van der Waals surface area contributed by atoms with E-state index in [2.05, 4.69) is 40.1 Å². The Morgan fingerprint density at radius 2 is 2.00 bits per heavy atom. The van der Waals surface area contributed by atoms with Gasteiger partial charge in [-0.05, 0) is 70.9 Å². The Morgan fingerprint density at radius 1 is 1.24 bits per heavy atom. The smallest absolute Gasteiger partial charge is 0.192 e. The zero-order valence-electron chi connectivity index (χ0n) is 20.0. The molecule has 8 heteroatoms. The summed E-state index contributed by atoms with van der Waals surface area (Å²) in [6.45, 7) is 9.93. The third-order valence-electron chi connectivity index (χ3n) is 6.15. The second-order valence-corrected chi connectivity index (χ2v) is 9.68. The average Bonchev–Trinajstić information content (AvgIpc) is 3.54. The fourth-order valence-electron chi connectivity index (χ4n) is 4.34. The third kappa shape index (κ3) is 5.01. The van der Waals surface area contributed by atoms with Crippen molar-refractivity contribution in [1.82, 2.24) is 19.3 Å². The van der Waals surface area contributed by atoms with E-state index in [-0.39, 0.29) is 17.9 Å². The number of nitrogens with zero attached hydrogens (tertiary/aromatic N) is 4. The van der Waals surface area contributed by atoms with E-state index < -0.39 is 0 Å². The summed E-state index contributed by atoms with van der Waals surface area (Å²) in [5.74, 6) is 2.01. The largest absolute Gasteiger partial charge is 0.497 e. The van der Waals surface area contributed by atoms with Gasteiger partial charge in [0.05, 0.1) is 19.0 Å². The molecule has 0 spiro atoms. The summed E-state index contributed by atoms with van der Waals surface area (Å²) in [7, 11) is 1.65. The van der Waals surface area contributed by atoms with Crippen molar-refractivity contribution < 1.29 is 14.3 Å². The van der Waals surface area contributed by atoms with Gasteiger partial charge in [0.15, 0.2) is 16.8 Å². The van der Waals surface area contributed by atoms with Gasteiger partial charge in [0.25, 0.3) is 0 Å². The molecule has 0 N–H and O–H groups in total. The summed E-state index contributed by atoms with van der Waals surface area (Å²) in [5.41, 5.74) is 3.86. The Morgan fingerprint density at radius 3 is 2.64 bits per heavy atom. The number of aryl methyl sites for hydroxylation is 1. The van der Waals surface area contributed by atoms with E-state index in [1.807, 2.05) is 37.3 Å². The molecule has 0 amide bonds. The highest BCUT2D eigenvalue weighted by Crippen LogP contribution is 2.30. The second-order valence-electron chi connectivity index (χ2n) is 8.74. The zero-order valence-corrected chi connectivity index (χ0v) is 20.8. The summed E-state index contributed by atoms with van der Waals surface area (Å²) < 4.78 is 15.4. The van der Waals surface area contributed by atoms with Crippen LogP contribution in [0.1, 0.15) is 54.5 Å². The summed E-state index contributed by atoms with van der Waals surface area (Å²) in [6, 6.07) is 9.94. The van der Waals surface area contributed by atoms with Crippen molar-refractivity contribution in [2.24, 2.45) is 0 Å². The van der Waals surface area contributed by atoms with E-state index in [1.165, 1.54) is 11.8 Å². The number of ether oxygens (including phenoxy) is 2. The fraction of sp³-hybridized carbons (Fsp3) is 0.480. The molecule has 0 radical (unpaired) electrons. The first-order chi connectivity index (χ1) is 15.9. The van der Waals surface area contributed by atoms with Gasteiger partial charge in [-0.3, -0.25) is 9.36 Å². The van der Waals surface area contributed by atoms with Gasteiger partial charge in [0, 0.05) is 41.7 Å². The zero-order chi connectivity index (χ0) is 23.5. The molecule has 33 heavy (non-hydrogen) atoms. The average molecular weight is 469 g/mol. The first-order valence-corrected chi connectivity index (χ1v) is 12.4. The van der Waals surface area contributed by atoms with Gasteiger partial charge in [0.1, 0.15) is 5.75 Å². The predicted octanol–water partition coefficient (Wildman–Crippen LogP) is 5.11. The van der Waals surface area contributed by atoms with E-state index in [4.69, 9.17) is 9.47 Å². The van der Waals surface area contributed by atoms with Crippen molar-refractivity contribution >= 4 is 17.5 Å².